The van der Waals surface area contributed by atoms with Gasteiger partial charge in [-0.3, -0.25) is 9.59 Å². The predicted molar refractivity (Wildman–Crippen MR) is 102 cm³/mol. The largest absolute Gasteiger partial charge is 0.467 e. The number of amides is 2. The van der Waals surface area contributed by atoms with E-state index in [1.54, 1.807) is 17.2 Å². The molecule has 2 aromatic rings. The number of carbonyl (C=O) groups excluding carboxylic acids is 2. The third kappa shape index (κ3) is 2.59. The molecule has 5 rings (SSSR count). The van der Waals surface area contributed by atoms with Crippen LogP contribution in [0.15, 0.2) is 53.2 Å². The number of carbonyl (C=O) groups is 2. The average Bonchev–Trinajstić information content (AvgIpc) is 3.37. The van der Waals surface area contributed by atoms with Gasteiger partial charge >= 0.3 is 0 Å². The SMILES string of the molecule is Cc1cc(C)cc(NC(=O)C2C3C(=O)N(Cc4ccco4)C[C@]34C=C[C@H]2O4)c1. The van der Waals surface area contributed by atoms with Crippen LogP contribution in [-0.4, -0.2) is 35.0 Å². The van der Waals surface area contributed by atoms with Gasteiger partial charge in [0.15, 0.2) is 0 Å². The first-order chi connectivity index (χ1) is 13.4. The summed E-state index contributed by atoms with van der Waals surface area (Å²) in [5.74, 6) is -0.522. The van der Waals surface area contributed by atoms with Gasteiger partial charge in [-0.2, -0.15) is 0 Å². The second kappa shape index (κ2) is 6.07. The van der Waals surface area contributed by atoms with Crippen LogP contribution in [0, 0.1) is 25.7 Å². The molecule has 0 saturated carbocycles. The van der Waals surface area contributed by atoms with E-state index in [9.17, 15) is 9.59 Å². The number of likely N-dealkylation sites (tertiary alicyclic amines) is 1. The van der Waals surface area contributed by atoms with Crippen molar-refractivity contribution in [1.29, 1.82) is 0 Å². The first-order valence-electron chi connectivity index (χ1n) is 9.53. The molecule has 28 heavy (non-hydrogen) atoms. The summed E-state index contributed by atoms with van der Waals surface area (Å²) in [7, 11) is 0. The van der Waals surface area contributed by atoms with Gasteiger partial charge in [-0.1, -0.05) is 18.2 Å². The lowest BCUT2D eigenvalue weighted by molar-refractivity contribution is -0.136. The van der Waals surface area contributed by atoms with Crippen molar-refractivity contribution in [3.8, 4) is 0 Å². The number of benzene rings is 1. The van der Waals surface area contributed by atoms with Gasteiger partial charge in [0.25, 0.3) is 0 Å². The highest BCUT2D eigenvalue weighted by Gasteiger charge is 2.66. The van der Waals surface area contributed by atoms with Crippen LogP contribution in [0.4, 0.5) is 5.69 Å². The molecule has 2 amide bonds. The van der Waals surface area contributed by atoms with Gasteiger partial charge < -0.3 is 19.4 Å². The van der Waals surface area contributed by atoms with E-state index < -0.39 is 17.4 Å². The molecule has 2 fully saturated rings. The van der Waals surface area contributed by atoms with Crippen LogP contribution in [0.2, 0.25) is 0 Å². The highest BCUT2D eigenvalue weighted by molar-refractivity contribution is 5.99. The van der Waals surface area contributed by atoms with Crippen molar-refractivity contribution in [3.63, 3.8) is 0 Å². The minimum Gasteiger partial charge on any atom is -0.467 e. The maximum atomic E-state index is 13.2. The summed E-state index contributed by atoms with van der Waals surface area (Å²) in [6, 6.07) is 9.57. The van der Waals surface area contributed by atoms with Gasteiger partial charge in [-0.05, 0) is 49.2 Å². The Bertz CT molecular complexity index is 960. The molecule has 1 N–H and O–H groups in total. The fourth-order valence-corrected chi connectivity index (χ4v) is 4.87. The number of hydrogen-bond donors (Lipinski definition) is 1. The second-order valence-electron chi connectivity index (χ2n) is 8.04. The molecule has 4 heterocycles. The summed E-state index contributed by atoms with van der Waals surface area (Å²) in [5.41, 5.74) is 2.20. The van der Waals surface area contributed by atoms with Crippen LogP contribution >= 0.6 is 0 Å². The van der Waals surface area contributed by atoms with Crippen molar-refractivity contribution < 1.29 is 18.7 Å². The molecule has 1 spiro atoms. The second-order valence-corrected chi connectivity index (χ2v) is 8.04. The summed E-state index contributed by atoms with van der Waals surface area (Å²) in [6.07, 6.45) is 5.12. The van der Waals surface area contributed by atoms with E-state index in [1.165, 1.54) is 0 Å². The molecule has 2 saturated heterocycles. The fraction of sp³-hybridized carbons (Fsp3) is 0.364. The van der Waals surface area contributed by atoms with Crippen molar-refractivity contribution in [2.45, 2.75) is 32.1 Å². The molecule has 144 valence electrons. The molecule has 2 bridgehead atoms. The number of fused-ring (bicyclic) bond motifs is 1. The van der Waals surface area contributed by atoms with Gasteiger partial charge in [-0.15, -0.1) is 0 Å². The normalized spacial score (nSPS) is 30.1. The van der Waals surface area contributed by atoms with Crippen LogP contribution < -0.4 is 5.32 Å². The number of aryl methyl sites for hydroxylation is 2. The summed E-state index contributed by atoms with van der Waals surface area (Å²) < 4.78 is 11.5. The number of ether oxygens (including phenoxy) is 1. The lowest BCUT2D eigenvalue weighted by Gasteiger charge is -2.23. The smallest absolute Gasteiger partial charge is 0.231 e. The molecule has 1 aromatic heterocycles. The van der Waals surface area contributed by atoms with Gasteiger partial charge in [0, 0.05) is 5.69 Å². The van der Waals surface area contributed by atoms with E-state index in [4.69, 9.17) is 9.15 Å². The fourth-order valence-electron chi connectivity index (χ4n) is 4.87. The summed E-state index contributed by atoms with van der Waals surface area (Å²) in [5, 5.41) is 3.00. The highest BCUT2D eigenvalue weighted by Crippen LogP contribution is 2.52. The number of nitrogens with zero attached hydrogens (tertiary/aromatic N) is 1. The molecule has 2 unspecified atom stereocenters. The number of hydrogen-bond acceptors (Lipinski definition) is 4. The first-order valence-corrected chi connectivity index (χ1v) is 9.53. The maximum absolute atomic E-state index is 13.2. The van der Waals surface area contributed by atoms with Crippen molar-refractivity contribution in [3.05, 3.63) is 65.6 Å². The van der Waals surface area contributed by atoms with E-state index in [1.807, 2.05) is 44.2 Å². The Kier molecular flexibility index (Phi) is 3.74. The predicted octanol–water partition coefficient (Wildman–Crippen LogP) is 2.82. The lowest BCUT2D eigenvalue weighted by Crippen LogP contribution is -2.41. The number of furan rings is 1. The van der Waals surface area contributed by atoms with Crippen LogP contribution in [0.5, 0.6) is 0 Å². The van der Waals surface area contributed by atoms with Crippen LogP contribution in [-0.2, 0) is 20.9 Å². The number of anilines is 1. The molecule has 6 heteroatoms. The first kappa shape index (κ1) is 17.3. The minimum atomic E-state index is -0.709. The third-order valence-corrected chi connectivity index (χ3v) is 5.90. The number of nitrogens with one attached hydrogen (secondary N) is 1. The van der Waals surface area contributed by atoms with Crippen LogP contribution in [0.1, 0.15) is 16.9 Å². The zero-order valence-electron chi connectivity index (χ0n) is 15.8. The molecular formula is C22H22N2O4. The van der Waals surface area contributed by atoms with E-state index in [-0.39, 0.29) is 17.9 Å². The molecule has 3 aliphatic rings. The van der Waals surface area contributed by atoms with E-state index in [0.29, 0.717) is 13.1 Å². The van der Waals surface area contributed by atoms with E-state index in [2.05, 4.69) is 11.4 Å². The van der Waals surface area contributed by atoms with Crippen molar-refractivity contribution in [2.75, 3.05) is 11.9 Å². The summed E-state index contributed by atoms with van der Waals surface area (Å²) >= 11 is 0. The summed E-state index contributed by atoms with van der Waals surface area (Å²) in [4.78, 5) is 28.0. The van der Waals surface area contributed by atoms with Gasteiger partial charge in [0.1, 0.15) is 11.4 Å². The minimum absolute atomic E-state index is 0.0520. The number of rotatable bonds is 4. The molecule has 0 radical (unpaired) electrons. The molecule has 4 atom stereocenters. The van der Waals surface area contributed by atoms with Crippen molar-refractivity contribution >= 4 is 17.5 Å². The van der Waals surface area contributed by atoms with Crippen molar-refractivity contribution in [2.24, 2.45) is 11.8 Å². The Morgan fingerprint density at radius 2 is 2.07 bits per heavy atom. The Morgan fingerprint density at radius 3 is 2.79 bits per heavy atom. The molecule has 6 nitrogen and oxygen atoms in total. The third-order valence-electron chi connectivity index (χ3n) is 5.90. The molecule has 3 aliphatic heterocycles. The summed E-state index contributed by atoms with van der Waals surface area (Å²) in [6.45, 7) is 4.82. The Morgan fingerprint density at radius 1 is 1.29 bits per heavy atom. The van der Waals surface area contributed by atoms with Gasteiger partial charge in [0.2, 0.25) is 11.8 Å². The topological polar surface area (TPSA) is 71.8 Å². The maximum Gasteiger partial charge on any atom is 0.231 e. The quantitative estimate of drug-likeness (QED) is 0.831. The van der Waals surface area contributed by atoms with E-state index >= 15 is 0 Å². The van der Waals surface area contributed by atoms with Crippen molar-refractivity contribution in [1.82, 2.24) is 4.90 Å². The van der Waals surface area contributed by atoms with Crippen LogP contribution in [0.3, 0.4) is 0 Å². The lowest BCUT2D eigenvalue weighted by atomic mass is 9.76. The molecular weight excluding hydrogens is 356 g/mol. The van der Waals surface area contributed by atoms with Gasteiger partial charge in [0.05, 0.1) is 37.3 Å². The van der Waals surface area contributed by atoms with Crippen LogP contribution in [0.25, 0.3) is 0 Å². The zero-order valence-corrected chi connectivity index (χ0v) is 15.8. The Hall–Kier alpha value is -2.86. The average molecular weight is 378 g/mol. The standard InChI is InChI=1S/C22H22N2O4/c1-13-8-14(2)10-15(9-13)23-20(25)18-17-5-6-22(28-17)12-24(21(26)19(18)22)11-16-4-3-7-27-16/h3-10,17-19H,11-12H2,1-2H3,(H,23,25)/t17-,18?,19?,22-/m1/s1. The Balaban J connectivity index is 1.39. The Labute approximate surface area is 163 Å². The highest BCUT2D eigenvalue weighted by atomic mass is 16.5. The molecule has 1 aromatic carbocycles. The molecule has 0 aliphatic carbocycles. The monoisotopic (exact) mass is 378 g/mol. The zero-order chi connectivity index (χ0) is 19.5. The van der Waals surface area contributed by atoms with Gasteiger partial charge in [-0.25, -0.2) is 0 Å². The van der Waals surface area contributed by atoms with E-state index in [0.717, 1.165) is 22.6 Å².